The molecule has 15 heavy (non-hydrogen) atoms. The highest BCUT2D eigenvalue weighted by molar-refractivity contribution is 6.01. The lowest BCUT2D eigenvalue weighted by Crippen LogP contribution is -2.52. The van der Waals surface area contributed by atoms with E-state index in [-0.39, 0.29) is 11.8 Å². The second-order valence-corrected chi connectivity index (χ2v) is 4.28. The number of fused-ring (bicyclic) bond motifs is 2. The smallest absolute Gasteiger partial charge is 0.317 e. The largest absolute Gasteiger partial charge is 0.468 e. The van der Waals surface area contributed by atoms with Crippen LogP contribution < -0.4 is 0 Å². The number of methoxy groups -OCH3 is 1. The lowest BCUT2D eigenvalue weighted by Gasteiger charge is -2.35. The van der Waals surface area contributed by atoms with Gasteiger partial charge in [-0.15, -0.1) is 0 Å². The second kappa shape index (κ2) is 3.57. The van der Waals surface area contributed by atoms with Gasteiger partial charge < -0.3 is 9.84 Å². The predicted molar refractivity (Wildman–Crippen MR) is 51.1 cm³/mol. The third-order valence-electron chi connectivity index (χ3n) is 3.53. The summed E-state index contributed by atoms with van der Waals surface area (Å²) in [5, 5.41) is 9.80. The van der Waals surface area contributed by atoms with Gasteiger partial charge in [-0.3, -0.25) is 14.5 Å². The van der Waals surface area contributed by atoms with E-state index in [2.05, 4.69) is 4.74 Å². The van der Waals surface area contributed by atoms with Crippen LogP contribution in [0, 0.1) is 5.92 Å². The topological polar surface area (TPSA) is 66.8 Å². The fourth-order valence-electron chi connectivity index (χ4n) is 2.73. The van der Waals surface area contributed by atoms with Gasteiger partial charge in [0, 0.05) is 12.5 Å². The maximum absolute atomic E-state index is 11.7. The molecule has 2 heterocycles. The molecular formula is C10H15NO4. The van der Waals surface area contributed by atoms with E-state index in [0.29, 0.717) is 12.8 Å². The summed E-state index contributed by atoms with van der Waals surface area (Å²) >= 11 is 0. The molecule has 0 aliphatic carbocycles. The molecule has 2 fully saturated rings. The first-order chi connectivity index (χ1) is 7.06. The molecule has 3 unspecified atom stereocenters. The Bertz CT molecular complexity index is 304. The summed E-state index contributed by atoms with van der Waals surface area (Å²) < 4.78 is 4.61. The number of rotatable bonds is 1. The number of esters is 1. The number of aliphatic hydroxyl groups is 1. The summed E-state index contributed by atoms with van der Waals surface area (Å²) in [7, 11) is 3.11. The number of piperidine rings is 1. The number of aliphatic hydroxyl groups excluding tert-OH is 1. The molecule has 2 aliphatic heterocycles. The van der Waals surface area contributed by atoms with Gasteiger partial charge in [-0.05, 0) is 13.5 Å². The zero-order valence-electron chi connectivity index (χ0n) is 8.84. The fourth-order valence-corrected chi connectivity index (χ4v) is 2.73. The minimum absolute atomic E-state index is 0.0819. The summed E-state index contributed by atoms with van der Waals surface area (Å²) in [5.74, 6) is -1.45. The standard InChI is InChI=1S/C10H15NO4/c1-11-5-3-6(12)8(10(14)15-2)9(11)7(13)4-5/h5,7-9,13H,3-4H2,1-2H3/t5?,7-,8?,9?/m1/s1. The summed E-state index contributed by atoms with van der Waals surface area (Å²) in [6, 6.07) is -0.317. The van der Waals surface area contributed by atoms with E-state index in [4.69, 9.17) is 0 Å². The number of ether oxygens (including phenoxy) is 1. The Balaban J connectivity index is 2.29. The van der Waals surface area contributed by atoms with Crippen LogP contribution in [0.2, 0.25) is 0 Å². The van der Waals surface area contributed by atoms with E-state index in [1.807, 2.05) is 11.9 Å². The number of nitrogens with zero attached hydrogens (tertiary/aromatic N) is 1. The van der Waals surface area contributed by atoms with E-state index in [9.17, 15) is 14.7 Å². The van der Waals surface area contributed by atoms with Crippen molar-refractivity contribution in [2.24, 2.45) is 5.92 Å². The van der Waals surface area contributed by atoms with Gasteiger partial charge in [0.25, 0.3) is 0 Å². The number of ketones is 1. The van der Waals surface area contributed by atoms with Gasteiger partial charge >= 0.3 is 5.97 Å². The van der Waals surface area contributed by atoms with Crippen LogP contribution in [0.1, 0.15) is 12.8 Å². The van der Waals surface area contributed by atoms with Crippen molar-refractivity contribution >= 4 is 11.8 Å². The molecule has 5 heteroatoms. The molecule has 0 radical (unpaired) electrons. The Labute approximate surface area is 88.0 Å². The van der Waals surface area contributed by atoms with Gasteiger partial charge in [0.05, 0.1) is 19.3 Å². The van der Waals surface area contributed by atoms with Crippen LogP contribution in [0.3, 0.4) is 0 Å². The minimum atomic E-state index is -0.811. The number of carbonyl (C=O) groups excluding carboxylic acids is 2. The van der Waals surface area contributed by atoms with Gasteiger partial charge in [0.15, 0.2) is 0 Å². The normalized spacial score (nSPS) is 40.6. The third-order valence-corrected chi connectivity index (χ3v) is 3.53. The monoisotopic (exact) mass is 213 g/mol. The summed E-state index contributed by atoms with van der Waals surface area (Å²) in [6.07, 6.45) is 0.306. The van der Waals surface area contributed by atoms with E-state index in [0.717, 1.165) is 0 Å². The van der Waals surface area contributed by atoms with Crippen molar-refractivity contribution in [3.05, 3.63) is 0 Å². The highest BCUT2D eigenvalue weighted by Gasteiger charge is 2.53. The van der Waals surface area contributed by atoms with Crippen molar-refractivity contribution in [1.29, 1.82) is 0 Å². The lowest BCUT2D eigenvalue weighted by molar-refractivity contribution is -0.155. The van der Waals surface area contributed by atoms with Crippen LogP contribution in [0.15, 0.2) is 0 Å². The molecule has 84 valence electrons. The maximum Gasteiger partial charge on any atom is 0.317 e. The minimum Gasteiger partial charge on any atom is -0.468 e. The summed E-state index contributed by atoms with van der Waals surface area (Å²) in [4.78, 5) is 25.1. The molecule has 0 saturated carbocycles. The Morgan fingerprint density at radius 2 is 2.27 bits per heavy atom. The number of likely N-dealkylation sites (N-methyl/N-ethyl adjacent to an activating group) is 1. The highest BCUT2D eigenvalue weighted by atomic mass is 16.5. The molecule has 2 saturated heterocycles. The van der Waals surface area contributed by atoms with Crippen LogP contribution in [0.5, 0.6) is 0 Å². The van der Waals surface area contributed by atoms with Crippen molar-refractivity contribution in [2.75, 3.05) is 14.2 Å². The number of hydrogen-bond donors (Lipinski definition) is 1. The summed E-state index contributed by atoms with van der Waals surface area (Å²) in [5.41, 5.74) is 0. The molecule has 0 aromatic heterocycles. The Kier molecular flexibility index (Phi) is 2.52. The Hall–Kier alpha value is -0.940. The average molecular weight is 213 g/mol. The van der Waals surface area contributed by atoms with Gasteiger partial charge in [-0.25, -0.2) is 0 Å². The van der Waals surface area contributed by atoms with Gasteiger partial charge in [-0.1, -0.05) is 0 Å². The molecule has 0 spiro atoms. The van der Waals surface area contributed by atoms with Crippen molar-refractivity contribution in [2.45, 2.75) is 31.0 Å². The van der Waals surface area contributed by atoms with E-state index >= 15 is 0 Å². The van der Waals surface area contributed by atoms with Crippen LogP contribution in [0.4, 0.5) is 0 Å². The molecule has 0 aromatic rings. The van der Waals surface area contributed by atoms with Crippen molar-refractivity contribution in [3.8, 4) is 0 Å². The molecule has 2 rings (SSSR count). The SMILES string of the molecule is COC(=O)C1C(=O)CC2C[C@@H](O)C1N2C. The zero-order valence-corrected chi connectivity index (χ0v) is 8.84. The maximum atomic E-state index is 11.7. The predicted octanol–water partition coefficient (Wildman–Crippen LogP) is -0.818. The lowest BCUT2D eigenvalue weighted by atomic mass is 9.89. The molecule has 2 bridgehead atoms. The molecule has 2 aliphatic rings. The Morgan fingerprint density at radius 1 is 1.60 bits per heavy atom. The van der Waals surface area contributed by atoms with Crippen molar-refractivity contribution in [1.82, 2.24) is 4.90 Å². The van der Waals surface area contributed by atoms with Gasteiger partial charge in [0.1, 0.15) is 11.7 Å². The summed E-state index contributed by atoms with van der Waals surface area (Å²) in [6.45, 7) is 0. The number of carbonyl (C=O) groups is 2. The van der Waals surface area contributed by atoms with E-state index in [1.54, 1.807) is 0 Å². The van der Waals surface area contributed by atoms with Crippen molar-refractivity contribution < 1.29 is 19.4 Å². The Morgan fingerprint density at radius 3 is 2.87 bits per heavy atom. The van der Waals surface area contributed by atoms with E-state index in [1.165, 1.54) is 7.11 Å². The fraction of sp³-hybridized carbons (Fsp3) is 0.800. The first-order valence-corrected chi connectivity index (χ1v) is 5.06. The molecule has 1 N–H and O–H groups in total. The van der Waals surface area contributed by atoms with Crippen LogP contribution in [-0.2, 0) is 14.3 Å². The molecule has 5 nitrogen and oxygen atoms in total. The van der Waals surface area contributed by atoms with Gasteiger partial charge in [0.2, 0.25) is 0 Å². The highest BCUT2D eigenvalue weighted by Crippen LogP contribution is 2.36. The van der Waals surface area contributed by atoms with Crippen molar-refractivity contribution in [3.63, 3.8) is 0 Å². The average Bonchev–Trinajstić information content (AvgIpc) is 2.38. The molecule has 4 atom stereocenters. The van der Waals surface area contributed by atoms with Crippen LogP contribution >= 0.6 is 0 Å². The molecule has 0 amide bonds. The first kappa shape index (κ1) is 10.6. The second-order valence-electron chi connectivity index (χ2n) is 4.28. The van der Waals surface area contributed by atoms with Gasteiger partial charge in [-0.2, -0.15) is 0 Å². The quantitative estimate of drug-likeness (QED) is 0.455. The first-order valence-electron chi connectivity index (χ1n) is 5.06. The van der Waals surface area contributed by atoms with Crippen LogP contribution in [0.25, 0.3) is 0 Å². The van der Waals surface area contributed by atoms with Crippen LogP contribution in [-0.4, -0.2) is 54.1 Å². The number of hydrogen-bond acceptors (Lipinski definition) is 5. The molecular weight excluding hydrogens is 198 g/mol. The molecule has 0 aromatic carbocycles. The number of Topliss-reactive ketones (excluding diaryl/α,β-unsaturated/α-hetero) is 1. The van der Waals surface area contributed by atoms with E-state index < -0.39 is 24.0 Å². The zero-order chi connectivity index (χ0) is 11.2. The third kappa shape index (κ3) is 1.46.